The Hall–Kier alpha value is -1.52. The summed E-state index contributed by atoms with van der Waals surface area (Å²) in [6.45, 7) is 2.02. The zero-order valence-corrected chi connectivity index (χ0v) is 13.7. The van der Waals surface area contributed by atoms with Crippen LogP contribution in [0, 0.1) is 0 Å². The average Bonchev–Trinajstić information content (AvgIpc) is 2.42. The van der Waals surface area contributed by atoms with Gasteiger partial charge in [0.15, 0.2) is 0 Å². The highest BCUT2D eigenvalue weighted by Crippen LogP contribution is 2.34. The van der Waals surface area contributed by atoms with Gasteiger partial charge in [-0.25, -0.2) is 0 Å². The van der Waals surface area contributed by atoms with Gasteiger partial charge in [0.2, 0.25) is 0 Å². The molecular weight excluding hydrogens is 356 g/mol. The summed E-state index contributed by atoms with van der Waals surface area (Å²) in [4.78, 5) is 10.8. The van der Waals surface area contributed by atoms with Crippen LogP contribution in [0.2, 0.25) is 5.02 Å². The maximum Gasteiger partial charge on any atom is 0.307 e. The Balaban J connectivity index is 2.36. The van der Waals surface area contributed by atoms with Crippen molar-refractivity contribution in [2.24, 2.45) is 0 Å². The van der Waals surface area contributed by atoms with Crippen LogP contribution in [0.25, 0.3) is 0 Å². The van der Waals surface area contributed by atoms with E-state index < -0.39 is 5.97 Å². The maximum atomic E-state index is 10.8. The smallest absolute Gasteiger partial charge is 0.307 e. The highest BCUT2D eigenvalue weighted by atomic mass is 79.9. The Morgan fingerprint density at radius 3 is 2.67 bits per heavy atom. The van der Waals surface area contributed by atoms with Gasteiger partial charge < -0.3 is 9.84 Å². The first-order valence-corrected chi connectivity index (χ1v) is 7.63. The molecule has 0 heterocycles. The van der Waals surface area contributed by atoms with Crippen LogP contribution < -0.4 is 4.74 Å². The number of hydrogen-bond donors (Lipinski definition) is 1. The van der Waals surface area contributed by atoms with Crippen molar-refractivity contribution < 1.29 is 14.6 Å². The second-order valence-electron chi connectivity index (χ2n) is 4.54. The number of rotatable bonds is 5. The molecule has 0 saturated carbocycles. The van der Waals surface area contributed by atoms with E-state index in [4.69, 9.17) is 21.4 Å². The van der Waals surface area contributed by atoms with E-state index in [9.17, 15) is 4.79 Å². The fourth-order valence-corrected chi connectivity index (χ4v) is 2.43. The molecule has 0 aromatic heterocycles. The van der Waals surface area contributed by atoms with Gasteiger partial charge in [0.25, 0.3) is 0 Å². The highest BCUT2D eigenvalue weighted by molar-refractivity contribution is 9.10. The molecule has 0 unspecified atom stereocenters. The minimum atomic E-state index is -0.867. The summed E-state index contributed by atoms with van der Waals surface area (Å²) in [5.74, 6) is 0.387. The second-order valence-corrected chi connectivity index (χ2v) is 5.83. The fraction of sp³-hybridized carbons (Fsp3) is 0.188. The lowest BCUT2D eigenvalue weighted by molar-refractivity contribution is -0.136. The number of halogens is 2. The molecule has 0 aliphatic carbocycles. The van der Waals surface area contributed by atoms with Gasteiger partial charge in [-0.3, -0.25) is 4.79 Å². The number of aliphatic carboxylic acids is 1. The predicted molar refractivity (Wildman–Crippen MR) is 86.4 cm³/mol. The lowest BCUT2D eigenvalue weighted by atomic mass is 10.1. The summed E-state index contributed by atoms with van der Waals surface area (Å²) in [6.07, 6.45) is 0.762. The molecule has 0 spiro atoms. The largest absolute Gasteiger partial charge is 0.481 e. The van der Waals surface area contributed by atoms with Crippen molar-refractivity contribution in [1.29, 1.82) is 0 Å². The lowest BCUT2D eigenvalue weighted by Crippen LogP contribution is -2.01. The van der Waals surface area contributed by atoms with Gasteiger partial charge in [0, 0.05) is 11.1 Å². The number of carboxylic acids is 1. The Labute approximate surface area is 136 Å². The van der Waals surface area contributed by atoms with Gasteiger partial charge >= 0.3 is 5.97 Å². The molecule has 2 aromatic carbocycles. The average molecular weight is 370 g/mol. The molecule has 0 saturated heterocycles. The number of hydrogen-bond acceptors (Lipinski definition) is 2. The quantitative estimate of drug-likeness (QED) is 0.799. The highest BCUT2D eigenvalue weighted by Gasteiger charge is 2.10. The van der Waals surface area contributed by atoms with E-state index in [1.165, 1.54) is 0 Å². The van der Waals surface area contributed by atoms with E-state index in [1.54, 1.807) is 18.2 Å². The summed E-state index contributed by atoms with van der Waals surface area (Å²) >= 11 is 9.39. The van der Waals surface area contributed by atoms with Gasteiger partial charge in [-0.2, -0.15) is 0 Å². The van der Waals surface area contributed by atoms with Crippen molar-refractivity contribution >= 4 is 33.5 Å². The fourth-order valence-electron chi connectivity index (χ4n) is 1.94. The Morgan fingerprint density at radius 2 is 2.00 bits per heavy atom. The van der Waals surface area contributed by atoms with E-state index >= 15 is 0 Å². The van der Waals surface area contributed by atoms with Gasteiger partial charge in [-0.1, -0.05) is 30.7 Å². The number of carboxylic acid groups (broad SMARTS) is 1. The lowest BCUT2D eigenvalue weighted by Gasteiger charge is -2.13. The molecule has 0 aliphatic heterocycles. The van der Waals surface area contributed by atoms with Crippen molar-refractivity contribution in [1.82, 2.24) is 0 Å². The van der Waals surface area contributed by atoms with Gasteiger partial charge in [0.1, 0.15) is 11.5 Å². The molecule has 0 aliphatic rings. The van der Waals surface area contributed by atoms with Crippen LogP contribution in [0.15, 0.2) is 40.9 Å². The standard InChI is InChI=1S/C16H14BrClO3/c1-2-11-4-3-10(8-16(19)20)7-14(11)21-15-9-12(18)5-6-13(15)17/h3-7,9H,2,8H2,1H3,(H,19,20). The molecular formula is C16H14BrClO3. The summed E-state index contributed by atoms with van der Waals surface area (Å²) in [5, 5.41) is 9.47. The van der Waals surface area contributed by atoms with Crippen LogP contribution in [0.1, 0.15) is 18.1 Å². The molecule has 110 valence electrons. The van der Waals surface area contributed by atoms with E-state index in [-0.39, 0.29) is 6.42 Å². The minimum absolute atomic E-state index is 0.0307. The van der Waals surface area contributed by atoms with Crippen molar-refractivity contribution in [3.05, 3.63) is 57.0 Å². The van der Waals surface area contributed by atoms with Crippen molar-refractivity contribution in [3.8, 4) is 11.5 Å². The summed E-state index contributed by atoms with van der Waals surface area (Å²) in [7, 11) is 0. The Bertz CT molecular complexity index is 671. The minimum Gasteiger partial charge on any atom is -0.481 e. The molecule has 5 heteroatoms. The number of carbonyl (C=O) groups is 1. The summed E-state index contributed by atoms with van der Waals surface area (Å²) < 4.78 is 6.70. The van der Waals surface area contributed by atoms with Crippen molar-refractivity contribution in [2.45, 2.75) is 19.8 Å². The first kappa shape index (κ1) is 15.9. The van der Waals surface area contributed by atoms with Crippen LogP contribution >= 0.6 is 27.5 Å². The zero-order valence-electron chi connectivity index (χ0n) is 11.4. The molecule has 0 radical (unpaired) electrons. The van der Waals surface area contributed by atoms with Gasteiger partial charge in [0.05, 0.1) is 10.9 Å². The van der Waals surface area contributed by atoms with Gasteiger partial charge in [-0.05, 0) is 51.7 Å². The third kappa shape index (κ3) is 4.22. The van der Waals surface area contributed by atoms with Crippen LogP contribution in [-0.4, -0.2) is 11.1 Å². The molecule has 2 rings (SSSR count). The molecule has 0 atom stereocenters. The monoisotopic (exact) mass is 368 g/mol. The number of ether oxygens (including phenoxy) is 1. The molecule has 2 aromatic rings. The third-order valence-electron chi connectivity index (χ3n) is 2.98. The van der Waals surface area contributed by atoms with Crippen LogP contribution in [0.5, 0.6) is 11.5 Å². The number of aryl methyl sites for hydroxylation is 1. The normalized spacial score (nSPS) is 10.4. The summed E-state index contributed by atoms with van der Waals surface area (Å²) in [6, 6.07) is 10.8. The van der Waals surface area contributed by atoms with Gasteiger partial charge in [-0.15, -0.1) is 0 Å². The molecule has 3 nitrogen and oxygen atoms in total. The summed E-state index contributed by atoms with van der Waals surface area (Å²) in [5.41, 5.74) is 1.71. The van der Waals surface area contributed by atoms with Crippen molar-refractivity contribution in [3.63, 3.8) is 0 Å². The van der Waals surface area contributed by atoms with Crippen LogP contribution in [0.3, 0.4) is 0 Å². The Kier molecular flexibility index (Phi) is 5.26. The first-order chi connectivity index (χ1) is 9.99. The maximum absolute atomic E-state index is 10.8. The van der Waals surface area contributed by atoms with E-state index in [0.717, 1.165) is 16.5 Å². The molecule has 21 heavy (non-hydrogen) atoms. The molecule has 0 amide bonds. The number of benzene rings is 2. The van der Waals surface area contributed by atoms with E-state index in [0.29, 0.717) is 22.1 Å². The topological polar surface area (TPSA) is 46.5 Å². The van der Waals surface area contributed by atoms with Crippen LogP contribution in [-0.2, 0) is 17.6 Å². The first-order valence-electron chi connectivity index (χ1n) is 6.46. The Morgan fingerprint density at radius 1 is 1.24 bits per heavy atom. The molecule has 0 fully saturated rings. The predicted octanol–water partition coefficient (Wildman–Crippen LogP) is 5.08. The molecule has 0 bridgehead atoms. The van der Waals surface area contributed by atoms with Crippen molar-refractivity contribution in [2.75, 3.05) is 0 Å². The zero-order chi connectivity index (χ0) is 15.4. The van der Waals surface area contributed by atoms with Crippen LogP contribution in [0.4, 0.5) is 0 Å². The van der Waals surface area contributed by atoms with E-state index in [2.05, 4.69) is 15.9 Å². The SMILES string of the molecule is CCc1ccc(CC(=O)O)cc1Oc1cc(Cl)ccc1Br. The third-order valence-corrected chi connectivity index (χ3v) is 3.87. The van der Waals surface area contributed by atoms with E-state index in [1.807, 2.05) is 25.1 Å². The molecule has 1 N–H and O–H groups in total. The second kappa shape index (κ2) is 6.96.